The van der Waals surface area contributed by atoms with Crippen LogP contribution in [0.5, 0.6) is 0 Å². The van der Waals surface area contributed by atoms with Gasteiger partial charge in [0.05, 0.1) is 11.0 Å². The number of aromatic amines is 1. The fourth-order valence-corrected chi connectivity index (χ4v) is 2.39. The van der Waals surface area contributed by atoms with E-state index in [4.69, 9.17) is 11.6 Å². The van der Waals surface area contributed by atoms with E-state index >= 15 is 0 Å². The van der Waals surface area contributed by atoms with Gasteiger partial charge in [-0.3, -0.25) is 4.79 Å². The lowest BCUT2D eigenvalue weighted by molar-refractivity contribution is -0.116. The Morgan fingerprint density at radius 1 is 1.14 bits per heavy atom. The SMILES string of the molecule is O=C(CCCCl)Nc1ccc(-c2nc3ccccc3[nH]2)cc1. The number of imidazole rings is 1. The Morgan fingerprint density at radius 2 is 1.91 bits per heavy atom. The molecule has 0 spiro atoms. The Balaban J connectivity index is 1.74. The van der Waals surface area contributed by atoms with Crippen LogP contribution < -0.4 is 5.32 Å². The number of carbonyl (C=O) groups excluding carboxylic acids is 1. The molecule has 1 amide bonds. The lowest BCUT2D eigenvalue weighted by Crippen LogP contribution is -2.11. The molecular formula is C17H16ClN3O. The Morgan fingerprint density at radius 3 is 2.64 bits per heavy atom. The third kappa shape index (κ3) is 3.28. The van der Waals surface area contributed by atoms with Gasteiger partial charge in [0.2, 0.25) is 5.91 Å². The third-order valence-electron chi connectivity index (χ3n) is 3.37. The predicted molar refractivity (Wildman–Crippen MR) is 90.1 cm³/mol. The van der Waals surface area contributed by atoms with Crippen LogP contribution in [0.2, 0.25) is 0 Å². The van der Waals surface area contributed by atoms with E-state index in [2.05, 4.69) is 15.3 Å². The zero-order chi connectivity index (χ0) is 15.4. The highest BCUT2D eigenvalue weighted by Crippen LogP contribution is 2.22. The molecule has 2 N–H and O–H groups in total. The molecule has 3 rings (SSSR count). The Hall–Kier alpha value is -2.33. The van der Waals surface area contributed by atoms with Gasteiger partial charge < -0.3 is 10.3 Å². The number of fused-ring (bicyclic) bond motifs is 1. The van der Waals surface area contributed by atoms with Crippen molar-refractivity contribution in [1.82, 2.24) is 9.97 Å². The first-order chi connectivity index (χ1) is 10.8. The number of carbonyl (C=O) groups is 1. The summed E-state index contributed by atoms with van der Waals surface area (Å²) in [5, 5.41) is 2.85. The number of rotatable bonds is 5. The Labute approximate surface area is 133 Å². The number of nitrogens with zero attached hydrogens (tertiary/aromatic N) is 1. The molecule has 0 aliphatic carbocycles. The van der Waals surface area contributed by atoms with Gasteiger partial charge in [0.25, 0.3) is 0 Å². The molecule has 1 heterocycles. The zero-order valence-corrected chi connectivity index (χ0v) is 12.7. The lowest BCUT2D eigenvalue weighted by Gasteiger charge is -2.05. The van der Waals surface area contributed by atoms with Gasteiger partial charge in [-0.1, -0.05) is 12.1 Å². The molecule has 0 saturated heterocycles. The maximum atomic E-state index is 11.7. The molecule has 0 radical (unpaired) electrons. The Kier molecular flexibility index (Phi) is 4.39. The molecule has 112 valence electrons. The summed E-state index contributed by atoms with van der Waals surface area (Å²) in [6.45, 7) is 0. The second kappa shape index (κ2) is 6.62. The summed E-state index contributed by atoms with van der Waals surface area (Å²) in [6.07, 6.45) is 1.12. The van der Waals surface area contributed by atoms with Gasteiger partial charge in [0.1, 0.15) is 5.82 Å². The standard InChI is InChI=1S/C17H16ClN3O/c18-11-3-6-16(22)19-13-9-7-12(8-10-13)17-20-14-4-1-2-5-15(14)21-17/h1-2,4-5,7-10H,3,6,11H2,(H,19,22)(H,20,21). The number of hydrogen-bond acceptors (Lipinski definition) is 2. The summed E-state index contributed by atoms with van der Waals surface area (Å²) in [4.78, 5) is 19.5. The van der Waals surface area contributed by atoms with Crippen molar-refractivity contribution in [2.45, 2.75) is 12.8 Å². The van der Waals surface area contributed by atoms with Gasteiger partial charge in [-0.05, 0) is 42.8 Å². The first-order valence-corrected chi connectivity index (χ1v) is 7.71. The normalized spacial score (nSPS) is 10.8. The first-order valence-electron chi connectivity index (χ1n) is 7.17. The van der Waals surface area contributed by atoms with E-state index in [1.807, 2.05) is 48.5 Å². The number of nitrogens with one attached hydrogen (secondary N) is 2. The number of aromatic nitrogens is 2. The van der Waals surface area contributed by atoms with Gasteiger partial charge in [-0.2, -0.15) is 0 Å². The van der Waals surface area contributed by atoms with E-state index in [-0.39, 0.29) is 5.91 Å². The molecule has 5 heteroatoms. The minimum Gasteiger partial charge on any atom is -0.338 e. The molecule has 0 aliphatic heterocycles. The molecule has 0 atom stereocenters. The van der Waals surface area contributed by atoms with Crippen LogP contribution in [0, 0.1) is 0 Å². The van der Waals surface area contributed by atoms with Gasteiger partial charge in [0, 0.05) is 23.6 Å². The average molecular weight is 314 g/mol. The number of benzene rings is 2. The minimum atomic E-state index is -0.0165. The fraction of sp³-hybridized carbons (Fsp3) is 0.176. The molecule has 2 aromatic carbocycles. The van der Waals surface area contributed by atoms with E-state index in [1.165, 1.54) is 0 Å². The summed E-state index contributed by atoms with van der Waals surface area (Å²) in [5.41, 5.74) is 3.71. The number of halogens is 1. The molecule has 0 fully saturated rings. The van der Waals surface area contributed by atoms with Crippen LogP contribution >= 0.6 is 11.6 Å². The number of hydrogen-bond donors (Lipinski definition) is 2. The van der Waals surface area contributed by atoms with Gasteiger partial charge in [0.15, 0.2) is 0 Å². The van der Waals surface area contributed by atoms with Crippen molar-refractivity contribution in [2.24, 2.45) is 0 Å². The molecular weight excluding hydrogens is 298 g/mol. The van der Waals surface area contributed by atoms with Crippen molar-refractivity contribution >= 4 is 34.2 Å². The molecule has 3 aromatic rings. The molecule has 0 unspecified atom stereocenters. The Bertz CT molecular complexity index is 747. The number of amides is 1. The molecule has 22 heavy (non-hydrogen) atoms. The predicted octanol–water partition coefficient (Wildman–Crippen LogP) is 4.19. The van der Waals surface area contributed by atoms with E-state index in [0.717, 1.165) is 28.1 Å². The average Bonchev–Trinajstić information content (AvgIpc) is 2.97. The van der Waals surface area contributed by atoms with E-state index in [9.17, 15) is 4.79 Å². The highest BCUT2D eigenvalue weighted by molar-refractivity contribution is 6.18. The fourth-order valence-electron chi connectivity index (χ4n) is 2.25. The van der Waals surface area contributed by atoms with Crippen molar-refractivity contribution in [1.29, 1.82) is 0 Å². The second-order valence-electron chi connectivity index (χ2n) is 5.02. The number of H-pyrrole nitrogens is 1. The molecule has 0 bridgehead atoms. The van der Waals surface area contributed by atoms with Crippen molar-refractivity contribution in [2.75, 3.05) is 11.2 Å². The van der Waals surface area contributed by atoms with Crippen LogP contribution in [0.1, 0.15) is 12.8 Å². The van der Waals surface area contributed by atoms with Crippen LogP contribution in [0.3, 0.4) is 0 Å². The van der Waals surface area contributed by atoms with Crippen molar-refractivity contribution < 1.29 is 4.79 Å². The first kappa shape index (κ1) is 14.6. The van der Waals surface area contributed by atoms with E-state index < -0.39 is 0 Å². The van der Waals surface area contributed by atoms with Gasteiger partial charge in [-0.15, -0.1) is 11.6 Å². The van der Waals surface area contributed by atoms with Crippen LogP contribution in [0.25, 0.3) is 22.4 Å². The number of anilines is 1. The molecule has 4 nitrogen and oxygen atoms in total. The second-order valence-corrected chi connectivity index (χ2v) is 5.40. The smallest absolute Gasteiger partial charge is 0.224 e. The molecule has 0 aliphatic rings. The quantitative estimate of drug-likeness (QED) is 0.694. The van der Waals surface area contributed by atoms with E-state index in [1.54, 1.807) is 0 Å². The third-order valence-corrected chi connectivity index (χ3v) is 3.64. The highest BCUT2D eigenvalue weighted by atomic mass is 35.5. The van der Waals surface area contributed by atoms with Crippen molar-refractivity contribution in [3.8, 4) is 11.4 Å². The van der Waals surface area contributed by atoms with Crippen molar-refractivity contribution in [3.63, 3.8) is 0 Å². The number of alkyl halides is 1. The highest BCUT2D eigenvalue weighted by Gasteiger charge is 2.06. The zero-order valence-electron chi connectivity index (χ0n) is 12.0. The van der Waals surface area contributed by atoms with Crippen LogP contribution in [0.15, 0.2) is 48.5 Å². The summed E-state index contributed by atoms with van der Waals surface area (Å²) >= 11 is 5.58. The minimum absolute atomic E-state index is 0.0165. The van der Waals surface area contributed by atoms with Crippen LogP contribution in [0.4, 0.5) is 5.69 Å². The monoisotopic (exact) mass is 313 g/mol. The molecule has 1 aromatic heterocycles. The summed E-state index contributed by atoms with van der Waals surface area (Å²) in [5.74, 6) is 1.30. The molecule has 0 saturated carbocycles. The summed E-state index contributed by atoms with van der Waals surface area (Å²) < 4.78 is 0. The van der Waals surface area contributed by atoms with Crippen LogP contribution in [-0.4, -0.2) is 21.8 Å². The van der Waals surface area contributed by atoms with Gasteiger partial charge >= 0.3 is 0 Å². The topological polar surface area (TPSA) is 57.8 Å². The van der Waals surface area contributed by atoms with E-state index in [0.29, 0.717) is 18.7 Å². The van der Waals surface area contributed by atoms with Crippen LogP contribution in [-0.2, 0) is 4.79 Å². The number of para-hydroxylation sites is 2. The lowest BCUT2D eigenvalue weighted by atomic mass is 10.2. The largest absolute Gasteiger partial charge is 0.338 e. The maximum absolute atomic E-state index is 11.7. The van der Waals surface area contributed by atoms with Gasteiger partial charge in [-0.25, -0.2) is 4.98 Å². The maximum Gasteiger partial charge on any atom is 0.224 e. The summed E-state index contributed by atoms with van der Waals surface area (Å²) in [7, 11) is 0. The van der Waals surface area contributed by atoms with Crippen molar-refractivity contribution in [3.05, 3.63) is 48.5 Å². The summed E-state index contributed by atoms with van der Waals surface area (Å²) in [6, 6.07) is 15.5.